The molecule has 0 spiro atoms. The molecule has 8 heteroatoms. The van der Waals surface area contributed by atoms with Gasteiger partial charge in [0.25, 0.3) is 5.91 Å². The van der Waals surface area contributed by atoms with E-state index < -0.39 is 0 Å². The van der Waals surface area contributed by atoms with Gasteiger partial charge in [-0.25, -0.2) is 9.97 Å². The smallest absolute Gasteiger partial charge is 0.274 e. The average Bonchev–Trinajstić information content (AvgIpc) is 3.33. The molecule has 25 heavy (non-hydrogen) atoms. The first kappa shape index (κ1) is 16.2. The summed E-state index contributed by atoms with van der Waals surface area (Å²) < 4.78 is 0. The van der Waals surface area contributed by atoms with E-state index in [0.717, 1.165) is 29.6 Å². The number of hydrogen-bond acceptors (Lipinski definition) is 7. The maximum absolute atomic E-state index is 12.5. The third-order valence-corrected chi connectivity index (χ3v) is 5.73. The lowest BCUT2D eigenvalue weighted by Gasteiger charge is -2.34. The largest absolute Gasteiger partial charge is 0.345 e. The van der Waals surface area contributed by atoms with Crippen LogP contribution in [0.2, 0.25) is 0 Å². The van der Waals surface area contributed by atoms with Crippen molar-refractivity contribution < 1.29 is 4.79 Å². The summed E-state index contributed by atoms with van der Waals surface area (Å²) in [6, 6.07) is 2.09. The van der Waals surface area contributed by atoms with Crippen LogP contribution in [-0.4, -0.2) is 51.9 Å². The quantitative estimate of drug-likeness (QED) is 0.708. The standard InChI is InChI=1S/C17H17N5OS2/c1-12-8-19-14(9-18-12)16(23)21-3-5-22(6-4-21)17-20-15(11-25-17)13-2-7-24-10-13/h2,7-11H,3-6H2,1H3. The van der Waals surface area contributed by atoms with Gasteiger partial charge in [-0.2, -0.15) is 11.3 Å². The molecule has 0 aromatic carbocycles. The van der Waals surface area contributed by atoms with Gasteiger partial charge in [0.1, 0.15) is 5.69 Å². The number of amides is 1. The SMILES string of the molecule is Cc1cnc(C(=O)N2CCN(c3nc(-c4ccsc4)cs3)CC2)cn1. The van der Waals surface area contributed by atoms with Crippen molar-refractivity contribution in [2.45, 2.75) is 6.92 Å². The van der Waals surface area contributed by atoms with Crippen LogP contribution in [-0.2, 0) is 0 Å². The second-order valence-corrected chi connectivity index (χ2v) is 7.47. The van der Waals surface area contributed by atoms with Gasteiger partial charge >= 0.3 is 0 Å². The molecule has 3 aromatic rings. The van der Waals surface area contributed by atoms with E-state index in [2.05, 4.69) is 37.1 Å². The Morgan fingerprint density at radius 2 is 1.96 bits per heavy atom. The van der Waals surface area contributed by atoms with Crippen LogP contribution in [0.4, 0.5) is 5.13 Å². The molecule has 4 rings (SSSR count). The zero-order chi connectivity index (χ0) is 17.2. The first-order valence-corrected chi connectivity index (χ1v) is 9.84. The molecule has 0 saturated carbocycles. The zero-order valence-corrected chi connectivity index (χ0v) is 15.4. The van der Waals surface area contributed by atoms with Crippen molar-refractivity contribution in [2.75, 3.05) is 31.1 Å². The van der Waals surface area contributed by atoms with Gasteiger partial charge in [-0.15, -0.1) is 11.3 Å². The molecule has 128 valence electrons. The van der Waals surface area contributed by atoms with Crippen LogP contribution in [0.1, 0.15) is 16.2 Å². The van der Waals surface area contributed by atoms with Crippen LogP contribution < -0.4 is 4.90 Å². The monoisotopic (exact) mass is 371 g/mol. The molecule has 0 N–H and O–H groups in total. The molecule has 0 atom stereocenters. The fourth-order valence-electron chi connectivity index (χ4n) is 2.72. The summed E-state index contributed by atoms with van der Waals surface area (Å²) in [5.41, 5.74) is 3.41. The minimum Gasteiger partial charge on any atom is -0.345 e. The lowest BCUT2D eigenvalue weighted by molar-refractivity contribution is 0.0740. The Hall–Kier alpha value is -2.32. The average molecular weight is 371 g/mol. The van der Waals surface area contributed by atoms with E-state index in [-0.39, 0.29) is 5.91 Å². The molecule has 1 amide bonds. The van der Waals surface area contributed by atoms with Crippen molar-refractivity contribution in [3.63, 3.8) is 0 Å². The molecular weight excluding hydrogens is 354 g/mol. The van der Waals surface area contributed by atoms with E-state index in [4.69, 9.17) is 4.98 Å². The highest BCUT2D eigenvalue weighted by Crippen LogP contribution is 2.29. The molecule has 1 aliphatic rings. The number of anilines is 1. The molecule has 0 aliphatic carbocycles. The molecule has 0 radical (unpaired) electrons. The van der Waals surface area contributed by atoms with Gasteiger partial charge in [-0.05, 0) is 18.4 Å². The first-order chi connectivity index (χ1) is 12.2. The summed E-state index contributed by atoms with van der Waals surface area (Å²) in [6.07, 6.45) is 3.18. The topological polar surface area (TPSA) is 62.2 Å². The highest BCUT2D eigenvalue weighted by Gasteiger charge is 2.24. The van der Waals surface area contributed by atoms with Crippen LogP contribution in [0.3, 0.4) is 0 Å². The van der Waals surface area contributed by atoms with E-state index in [1.807, 2.05) is 11.8 Å². The van der Waals surface area contributed by atoms with Gasteiger partial charge in [0.15, 0.2) is 5.13 Å². The molecule has 1 fully saturated rings. The Labute approximate surface area is 153 Å². The number of hydrogen-bond donors (Lipinski definition) is 0. The normalized spacial score (nSPS) is 14.8. The van der Waals surface area contributed by atoms with Crippen molar-refractivity contribution in [3.8, 4) is 11.3 Å². The third-order valence-electron chi connectivity index (χ3n) is 4.15. The van der Waals surface area contributed by atoms with Crippen LogP contribution in [0.25, 0.3) is 11.3 Å². The van der Waals surface area contributed by atoms with Gasteiger partial charge in [0.05, 0.1) is 17.6 Å². The maximum atomic E-state index is 12.5. The van der Waals surface area contributed by atoms with Gasteiger partial charge < -0.3 is 9.80 Å². The number of carbonyl (C=O) groups is 1. The van der Waals surface area contributed by atoms with E-state index in [1.165, 1.54) is 5.56 Å². The number of thiophene rings is 1. The Kier molecular flexibility index (Phi) is 4.46. The van der Waals surface area contributed by atoms with Crippen molar-refractivity contribution >= 4 is 33.7 Å². The Morgan fingerprint density at radius 1 is 1.12 bits per heavy atom. The summed E-state index contributed by atoms with van der Waals surface area (Å²) in [5, 5.41) is 7.28. The van der Waals surface area contributed by atoms with Gasteiger partial charge in [0, 0.05) is 48.7 Å². The minimum atomic E-state index is -0.0507. The van der Waals surface area contributed by atoms with Gasteiger partial charge in [-0.3, -0.25) is 9.78 Å². The summed E-state index contributed by atoms with van der Waals surface area (Å²) in [7, 11) is 0. The van der Waals surface area contributed by atoms with Crippen molar-refractivity contribution in [1.82, 2.24) is 19.9 Å². The summed E-state index contributed by atoms with van der Waals surface area (Å²) in [5.74, 6) is -0.0507. The number of rotatable bonds is 3. The lowest BCUT2D eigenvalue weighted by Crippen LogP contribution is -2.49. The predicted octanol–water partition coefficient (Wildman–Crippen LogP) is 2.93. The van der Waals surface area contributed by atoms with Crippen LogP contribution >= 0.6 is 22.7 Å². The fourth-order valence-corrected chi connectivity index (χ4v) is 4.26. The predicted molar refractivity (Wildman–Crippen MR) is 100 cm³/mol. The third kappa shape index (κ3) is 3.40. The Morgan fingerprint density at radius 3 is 2.64 bits per heavy atom. The molecule has 3 aromatic heterocycles. The summed E-state index contributed by atoms with van der Waals surface area (Å²) >= 11 is 3.33. The maximum Gasteiger partial charge on any atom is 0.274 e. The second-order valence-electron chi connectivity index (χ2n) is 5.85. The van der Waals surface area contributed by atoms with Gasteiger partial charge in [0.2, 0.25) is 0 Å². The molecule has 0 unspecified atom stereocenters. The van der Waals surface area contributed by atoms with E-state index >= 15 is 0 Å². The lowest BCUT2D eigenvalue weighted by atomic mass is 10.3. The second kappa shape index (κ2) is 6.89. The molecular formula is C17H17N5OS2. The van der Waals surface area contributed by atoms with Crippen LogP contribution in [0.5, 0.6) is 0 Å². The van der Waals surface area contributed by atoms with Crippen molar-refractivity contribution in [2.24, 2.45) is 0 Å². The zero-order valence-electron chi connectivity index (χ0n) is 13.8. The van der Waals surface area contributed by atoms with E-state index in [9.17, 15) is 4.79 Å². The summed E-state index contributed by atoms with van der Waals surface area (Å²) in [6.45, 7) is 4.76. The fraction of sp³-hybridized carbons (Fsp3) is 0.294. The Balaban J connectivity index is 1.40. The molecule has 0 bridgehead atoms. The number of aryl methyl sites for hydroxylation is 1. The highest BCUT2D eigenvalue weighted by atomic mass is 32.1. The minimum absolute atomic E-state index is 0.0507. The Bertz CT molecular complexity index is 852. The number of piperazine rings is 1. The molecule has 4 heterocycles. The summed E-state index contributed by atoms with van der Waals surface area (Å²) in [4.78, 5) is 29.7. The number of carbonyl (C=O) groups excluding carboxylic acids is 1. The molecule has 6 nitrogen and oxygen atoms in total. The molecule has 1 aliphatic heterocycles. The van der Waals surface area contributed by atoms with Gasteiger partial charge in [-0.1, -0.05) is 0 Å². The number of aromatic nitrogens is 3. The highest BCUT2D eigenvalue weighted by molar-refractivity contribution is 7.14. The van der Waals surface area contributed by atoms with E-state index in [1.54, 1.807) is 35.1 Å². The van der Waals surface area contributed by atoms with Crippen molar-refractivity contribution in [3.05, 3.63) is 46.0 Å². The van der Waals surface area contributed by atoms with Crippen LogP contribution in [0, 0.1) is 6.92 Å². The molecule has 1 saturated heterocycles. The van der Waals surface area contributed by atoms with Crippen LogP contribution in [0.15, 0.2) is 34.6 Å². The number of nitrogens with zero attached hydrogens (tertiary/aromatic N) is 5. The van der Waals surface area contributed by atoms with E-state index in [0.29, 0.717) is 18.8 Å². The first-order valence-electron chi connectivity index (χ1n) is 8.02. The number of thiazole rings is 1. The van der Waals surface area contributed by atoms with Crippen molar-refractivity contribution in [1.29, 1.82) is 0 Å².